The minimum absolute atomic E-state index is 0.110. The van der Waals surface area contributed by atoms with Crippen LogP contribution < -0.4 is 5.69 Å². The Morgan fingerprint density at radius 2 is 2.07 bits per heavy atom. The van der Waals surface area contributed by atoms with Gasteiger partial charge in [0.15, 0.2) is 0 Å². The molecule has 14 heavy (non-hydrogen) atoms. The van der Waals surface area contributed by atoms with Crippen LogP contribution in [0.1, 0.15) is 15.9 Å². The number of carboxylic acid groups (broad SMARTS) is 1. The summed E-state index contributed by atoms with van der Waals surface area (Å²) in [5.74, 6) is -1.05. The number of hydrogen-bond acceptors (Lipinski definition) is 2. The molecule has 0 aliphatic rings. The first-order chi connectivity index (χ1) is 6.58. The van der Waals surface area contributed by atoms with Crippen molar-refractivity contribution < 1.29 is 9.90 Å². The van der Waals surface area contributed by atoms with Gasteiger partial charge in [0, 0.05) is 0 Å². The number of aryl methyl sites for hydroxylation is 1. The summed E-state index contributed by atoms with van der Waals surface area (Å²) >= 11 is 0. The highest BCUT2D eigenvalue weighted by molar-refractivity contribution is 6.01. The van der Waals surface area contributed by atoms with Crippen LogP contribution in [0.3, 0.4) is 0 Å². The van der Waals surface area contributed by atoms with Crippen molar-refractivity contribution in [3.63, 3.8) is 0 Å². The molecule has 1 heterocycles. The van der Waals surface area contributed by atoms with Crippen LogP contribution in [0.15, 0.2) is 16.9 Å². The van der Waals surface area contributed by atoms with E-state index in [2.05, 4.69) is 9.97 Å². The average molecular weight is 192 g/mol. The second-order valence-corrected chi connectivity index (χ2v) is 3.12. The summed E-state index contributed by atoms with van der Waals surface area (Å²) in [6.45, 7) is 1.77. The van der Waals surface area contributed by atoms with Crippen molar-refractivity contribution in [3.8, 4) is 0 Å². The van der Waals surface area contributed by atoms with Gasteiger partial charge in [-0.2, -0.15) is 0 Å². The number of fused-ring (bicyclic) bond motifs is 1. The molecule has 3 N–H and O–H groups in total. The summed E-state index contributed by atoms with van der Waals surface area (Å²) in [5.41, 5.74) is 1.37. The Morgan fingerprint density at radius 3 is 2.71 bits per heavy atom. The van der Waals surface area contributed by atoms with Gasteiger partial charge in [-0.05, 0) is 24.6 Å². The maximum Gasteiger partial charge on any atom is 0.337 e. The monoisotopic (exact) mass is 192 g/mol. The van der Waals surface area contributed by atoms with Crippen molar-refractivity contribution in [2.75, 3.05) is 0 Å². The van der Waals surface area contributed by atoms with E-state index in [1.165, 1.54) is 6.07 Å². The minimum atomic E-state index is -1.05. The van der Waals surface area contributed by atoms with Gasteiger partial charge in [-0.15, -0.1) is 0 Å². The number of H-pyrrole nitrogens is 2. The van der Waals surface area contributed by atoms with Crippen LogP contribution in [0.5, 0.6) is 0 Å². The van der Waals surface area contributed by atoms with Gasteiger partial charge in [-0.1, -0.05) is 0 Å². The van der Waals surface area contributed by atoms with Gasteiger partial charge < -0.3 is 15.1 Å². The first-order valence-corrected chi connectivity index (χ1v) is 4.04. The highest BCUT2D eigenvalue weighted by Gasteiger charge is 2.11. The quantitative estimate of drug-likeness (QED) is 0.626. The number of benzene rings is 1. The van der Waals surface area contributed by atoms with Crippen LogP contribution >= 0.6 is 0 Å². The number of carbonyl (C=O) groups is 1. The molecule has 0 aliphatic carbocycles. The van der Waals surface area contributed by atoms with Crippen LogP contribution in [0.2, 0.25) is 0 Å². The summed E-state index contributed by atoms with van der Waals surface area (Å²) < 4.78 is 0. The van der Waals surface area contributed by atoms with Crippen molar-refractivity contribution in [2.45, 2.75) is 6.92 Å². The van der Waals surface area contributed by atoms with Crippen LogP contribution in [0.4, 0.5) is 0 Å². The van der Waals surface area contributed by atoms with Crippen molar-refractivity contribution in [2.24, 2.45) is 0 Å². The second-order valence-electron chi connectivity index (χ2n) is 3.12. The molecule has 0 bridgehead atoms. The molecule has 72 valence electrons. The lowest BCUT2D eigenvalue weighted by molar-refractivity contribution is 0.0698. The first-order valence-electron chi connectivity index (χ1n) is 4.04. The number of rotatable bonds is 1. The lowest BCUT2D eigenvalue weighted by Gasteiger charge is -1.98. The third-order valence-electron chi connectivity index (χ3n) is 2.00. The summed E-state index contributed by atoms with van der Waals surface area (Å²) in [4.78, 5) is 26.8. The normalized spacial score (nSPS) is 10.6. The maximum absolute atomic E-state index is 11.0. The number of aromatic nitrogens is 2. The number of carboxylic acids is 1. The third-order valence-corrected chi connectivity index (χ3v) is 2.00. The van der Waals surface area contributed by atoms with Gasteiger partial charge in [0.05, 0.1) is 16.6 Å². The molecule has 1 aromatic carbocycles. The molecule has 0 fully saturated rings. The Hall–Kier alpha value is -2.04. The fourth-order valence-electron chi connectivity index (χ4n) is 1.46. The molecule has 0 spiro atoms. The van der Waals surface area contributed by atoms with Crippen LogP contribution in [-0.2, 0) is 0 Å². The molecule has 0 aliphatic heterocycles. The van der Waals surface area contributed by atoms with Crippen LogP contribution in [-0.4, -0.2) is 21.0 Å². The summed E-state index contributed by atoms with van der Waals surface area (Å²) in [6.07, 6.45) is 0. The number of imidazole rings is 1. The van der Waals surface area contributed by atoms with Gasteiger partial charge in [0.2, 0.25) is 0 Å². The standard InChI is InChI=1S/C9H8N2O3/c1-4-2-5(8(12)13)7-6(3-4)10-9(14)11-7/h2-3H,1H3,(H,12,13)(H2,10,11,14). The van der Waals surface area contributed by atoms with Gasteiger partial charge >= 0.3 is 11.7 Å². The fourth-order valence-corrected chi connectivity index (χ4v) is 1.46. The van der Waals surface area contributed by atoms with Crippen molar-refractivity contribution in [3.05, 3.63) is 33.7 Å². The van der Waals surface area contributed by atoms with E-state index in [0.29, 0.717) is 11.0 Å². The van der Waals surface area contributed by atoms with Crippen LogP contribution in [0.25, 0.3) is 11.0 Å². The molecule has 0 radical (unpaired) electrons. The Labute approximate surface area is 78.4 Å². The highest BCUT2D eigenvalue weighted by Crippen LogP contribution is 2.15. The Balaban J connectivity index is 2.92. The van der Waals surface area contributed by atoms with E-state index < -0.39 is 11.7 Å². The topological polar surface area (TPSA) is 85.9 Å². The number of nitrogens with one attached hydrogen (secondary N) is 2. The summed E-state index contributed by atoms with van der Waals surface area (Å²) in [5, 5.41) is 8.88. The predicted octanol–water partition coefficient (Wildman–Crippen LogP) is 0.863. The second kappa shape index (κ2) is 2.73. The van der Waals surface area contributed by atoms with Gasteiger partial charge in [0.25, 0.3) is 0 Å². The van der Waals surface area contributed by atoms with E-state index in [1.54, 1.807) is 13.0 Å². The van der Waals surface area contributed by atoms with Gasteiger partial charge in [-0.3, -0.25) is 0 Å². The van der Waals surface area contributed by atoms with Crippen molar-refractivity contribution >= 4 is 17.0 Å². The highest BCUT2D eigenvalue weighted by atomic mass is 16.4. The van der Waals surface area contributed by atoms with Gasteiger partial charge in [0.1, 0.15) is 0 Å². The predicted molar refractivity (Wildman–Crippen MR) is 50.6 cm³/mol. The molecule has 0 amide bonds. The zero-order chi connectivity index (χ0) is 10.3. The summed E-state index contributed by atoms with van der Waals surface area (Å²) in [6, 6.07) is 3.24. The Bertz CT molecular complexity index is 565. The molecule has 0 saturated heterocycles. The molecule has 2 rings (SSSR count). The van der Waals surface area contributed by atoms with E-state index in [-0.39, 0.29) is 5.56 Å². The lowest BCUT2D eigenvalue weighted by Crippen LogP contribution is -2.01. The molecular formula is C9H8N2O3. The molecule has 0 atom stereocenters. The molecule has 0 saturated carbocycles. The maximum atomic E-state index is 11.0. The van der Waals surface area contributed by atoms with Gasteiger partial charge in [-0.25, -0.2) is 9.59 Å². The smallest absolute Gasteiger partial charge is 0.337 e. The molecular weight excluding hydrogens is 184 g/mol. The van der Waals surface area contributed by atoms with E-state index in [1.807, 2.05) is 0 Å². The zero-order valence-electron chi connectivity index (χ0n) is 7.42. The van der Waals surface area contributed by atoms with E-state index in [9.17, 15) is 9.59 Å². The number of hydrogen-bond donors (Lipinski definition) is 3. The minimum Gasteiger partial charge on any atom is -0.478 e. The van der Waals surface area contributed by atoms with E-state index >= 15 is 0 Å². The summed E-state index contributed by atoms with van der Waals surface area (Å²) in [7, 11) is 0. The largest absolute Gasteiger partial charge is 0.478 e. The SMILES string of the molecule is Cc1cc(C(=O)O)c2[nH]c(=O)[nH]c2c1. The van der Waals surface area contributed by atoms with E-state index in [0.717, 1.165) is 5.56 Å². The Morgan fingerprint density at radius 1 is 1.36 bits per heavy atom. The van der Waals surface area contributed by atoms with E-state index in [4.69, 9.17) is 5.11 Å². The first kappa shape index (κ1) is 8.55. The zero-order valence-corrected chi connectivity index (χ0v) is 7.42. The van der Waals surface area contributed by atoms with Crippen molar-refractivity contribution in [1.82, 2.24) is 9.97 Å². The fraction of sp³-hybridized carbons (Fsp3) is 0.111. The molecule has 5 heteroatoms. The van der Waals surface area contributed by atoms with Crippen LogP contribution in [0, 0.1) is 6.92 Å². The molecule has 0 unspecified atom stereocenters. The molecule has 2 aromatic rings. The molecule has 1 aromatic heterocycles. The number of aromatic amines is 2. The lowest BCUT2D eigenvalue weighted by atomic mass is 10.1. The van der Waals surface area contributed by atoms with Crippen molar-refractivity contribution in [1.29, 1.82) is 0 Å². The Kier molecular flexibility index (Phi) is 1.67. The average Bonchev–Trinajstić information content (AvgIpc) is 2.42. The number of aromatic carboxylic acids is 1. The molecule has 5 nitrogen and oxygen atoms in total. The third kappa shape index (κ3) is 1.19.